The average Bonchev–Trinajstić information content (AvgIpc) is 1.35. The predicted molar refractivity (Wildman–Crippen MR) is 327 cm³/mol. The van der Waals surface area contributed by atoms with Gasteiger partial charge < -0.3 is 63.8 Å². The molecule has 5 N–H and O–H groups in total. The predicted octanol–water partition coefficient (Wildman–Crippen LogP) is 10.2. The number of halogens is 6. The van der Waals surface area contributed by atoms with E-state index in [2.05, 4.69) is 72.8 Å². The Balaban J connectivity index is 0.00000185. The number of nitrogens with zero attached hydrogens (tertiary/aromatic N) is 3. The van der Waals surface area contributed by atoms with Gasteiger partial charge in [-0.1, -0.05) is 83.0 Å². The van der Waals surface area contributed by atoms with Crippen molar-refractivity contribution in [2.45, 2.75) is 218 Å². The molecule has 496 valence electrons. The van der Waals surface area contributed by atoms with Crippen LogP contribution in [-0.4, -0.2) is 177 Å². The maximum absolute atomic E-state index is 14.9. The Hall–Kier alpha value is -3.47. The SMILES string of the molecule is CC[C@H]1OC(=O)[C@H](C)[C@@H](O[C@H]2C[C@@](C)(OC)[C@@H](O)[C@H](C)O2)[C@H](C)[C@@H](O[C@@H]2O[C@H](C)C[C@H](N(C)C)[C@H]2O)[C@](C)(O)C[C@@H](C)CN(C(=O)CCCCCCC[P+](c2ccccc2)(c2ccccc2)c2ccccn2)[C@H](C)[C@@H](O)[C@]1(C)CO.F[P-](F)(F)(F)(F)F. The molecule has 3 aliphatic rings. The molecule has 18 atom stereocenters. The molecule has 1 amide bonds. The number of likely N-dealkylation sites (N-methyl/N-ethyl adjacent to an activating group) is 1. The van der Waals surface area contributed by atoms with Crippen molar-refractivity contribution in [3.8, 4) is 0 Å². The molecule has 24 heteroatoms. The topological polar surface area (TPSA) is 210 Å². The first-order valence-corrected chi connectivity index (χ1v) is 34.5. The second-order valence-corrected chi connectivity index (χ2v) is 31.1. The molecule has 2 aromatic carbocycles. The van der Waals surface area contributed by atoms with E-state index < -0.39 is 123 Å². The first-order chi connectivity index (χ1) is 40.3. The molecule has 3 saturated heterocycles. The fourth-order valence-electron chi connectivity index (χ4n) is 13.2. The number of unbranched alkanes of at least 4 members (excludes halogenated alkanes) is 4. The summed E-state index contributed by atoms with van der Waals surface area (Å²) in [5.74, 6) is -3.18. The molecule has 0 spiro atoms. The van der Waals surface area contributed by atoms with E-state index in [0.29, 0.717) is 12.8 Å². The van der Waals surface area contributed by atoms with Gasteiger partial charge >= 0.3 is 39.0 Å². The minimum atomic E-state index is -10.7. The number of aliphatic hydroxyl groups is 5. The van der Waals surface area contributed by atoms with Crippen molar-refractivity contribution in [3.63, 3.8) is 0 Å². The number of cyclic esters (lactones) is 1. The number of carbonyl (C=O) groups excluding carboxylic acids is 2. The van der Waals surface area contributed by atoms with E-state index in [0.717, 1.165) is 37.3 Å². The molecule has 4 heterocycles. The van der Waals surface area contributed by atoms with Gasteiger partial charge in [0.25, 0.3) is 0 Å². The van der Waals surface area contributed by atoms with Crippen LogP contribution in [-0.2, 0) is 38.0 Å². The monoisotopic (exact) mass is 1280 g/mol. The molecular weight excluding hydrogens is 1180 g/mol. The van der Waals surface area contributed by atoms with Crippen molar-refractivity contribution in [2.75, 3.05) is 40.5 Å². The number of pyridine rings is 1. The van der Waals surface area contributed by atoms with E-state index in [-0.39, 0.29) is 50.3 Å². The Morgan fingerprint density at radius 1 is 0.805 bits per heavy atom. The van der Waals surface area contributed by atoms with Crippen molar-refractivity contribution < 1.29 is 88.7 Å². The van der Waals surface area contributed by atoms with Crippen LogP contribution in [0.25, 0.3) is 0 Å². The zero-order chi connectivity index (χ0) is 65.2. The van der Waals surface area contributed by atoms with E-state index in [9.17, 15) is 60.3 Å². The number of esters is 1. The normalized spacial score (nSPS) is 35.2. The molecule has 87 heavy (non-hydrogen) atoms. The van der Waals surface area contributed by atoms with Gasteiger partial charge in [0.2, 0.25) is 5.91 Å². The second kappa shape index (κ2) is 29.9. The second-order valence-electron chi connectivity index (χ2n) is 25.6. The molecule has 1 aromatic heterocycles. The molecule has 0 bridgehead atoms. The van der Waals surface area contributed by atoms with Crippen LogP contribution in [0.3, 0.4) is 0 Å². The third-order valence-corrected chi connectivity index (χ3v) is 22.4. The fourth-order valence-corrected chi connectivity index (χ4v) is 17.4. The molecule has 16 nitrogen and oxygen atoms in total. The molecule has 0 aliphatic carbocycles. The number of hydrogen-bond donors (Lipinski definition) is 5. The van der Waals surface area contributed by atoms with Gasteiger partial charge in [0.05, 0.1) is 71.9 Å². The van der Waals surface area contributed by atoms with Gasteiger partial charge in [-0.25, -0.2) is 4.98 Å². The van der Waals surface area contributed by atoms with E-state index in [1.165, 1.54) is 17.7 Å². The van der Waals surface area contributed by atoms with Crippen LogP contribution in [0.15, 0.2) is 85.1 Å². The molecule has 3 aliphatic heterocycles. The summed E-state index contributed by atoms with van der Waals surface area (Å²) in [6.45, 7) is 17.3. The Kier molecular flexibility index (Phi) is 25.5. The van der Waals surface area contributed by atoms with Gasteiger partial charge in [0, 0.05) is 50.7 Å². The standard InChI is InChI=1S/C63H99N3O13P.F6P/c1-14-50-61(8,40-67)56(70)45(6)66(52(68)33-24-16-15-17-27-35-80(47-28-20-18-21-29-47,48-30-22-19-23-31-48)51-32-25-26-34-64-51)39-41(2)37-62(9,73)58(79-60-54(69)49(65(11)12)36-42(3)75-60)43(4)55(44(5)59(72)77-50)78-53-38-63(10,74-13)57(71)46(7)76-53;1-7(2,3,4,5)6/h18-23,25-26,28-32,34,41-46,49-50,53-58,60,67,69-71,73H,14-17,24,27,33,35-40H2,1-13H3;/q+1;-1/t41-,42-,43+,44-,45-,46+,49+,50-,53+,54-,55+,56-,57+,58-,60+,61-,62-,63-;/m1./s1. The zero-order valence-electron chi connectivity index (χ0n) is 52.9. The molecule has 3 fully saturated rings. The van der Waals surface area contributed by atoms with Crippen molar-refractivity contribution in [1.82, 2.24) is 14.8 Å². The van der Waals surface area contributed by atoms with Crippen molar-refractivity contribution in [3.05, 3.63) is 85.1 Å². The van der Waals surface area contributed by atoms with Gasteiger partial charge in [-0.05, 0) is 130 Å². The van der Waals surface area contributed by atoms with Gasteiger partial charge in [-0.15, -0.1) is 0 Å². The van der Waals surface area contributed by atoms with Crippen LogP contribution >= 0.6 is 15.1 Å². The van der Waals surface area contributed by atoms with Crippen LogP contribution in [0, 0.1) is 23.2 Å². The first-order valence-electron chi connectivity index (χ1n) is 30.5. The number of amides is 1. The molecule has 0 radical (unpaired) electrons. The van der Waals surface area contributed by atoms with Gasteiger partial charge in [0.1, 0.15) is 36.2 Å². The summed E-state index contributed by atoms with van der Waals surface area (Å²) in [7, 11) is -7.47. The number of aromatic nitrogens is 1. The van der Waals surface area contributed by atoms with E-state index in [4.69, 9.17) is 33.4 Å². The van der Waals surface area contributed by atoms with Gasteiger partial charge in [-0.3, -0.25) is 9.59 Å². The zero-order valence-corrected chi connectivity index (χ0v) is 54.7. The number of ether oxygens (including phenoxy) is 6. The van der Waals surface area contributed by atoms with Crippen LogP contribution in [0.2, 0.25) is 0 Å². The fraction of sp³-hybridized carbons (Fsp3) is 0.698. The summed E-state index contributed by atoms with van der Waals surface area (Å²) in [6.07, 6.45) is -1.69. The van der Waals surface area contributed by atoms with Crippen LogP contribution in [0.1, 0.15) is 133 Å². The summed E-state index contributed by atoms with van der Waals surface area (Å²) in [5.41, 5.74) is -3.12. The summed E-state index contributed by atoms with van der Waals surface area (Å²) in [4.78, 5) is 38.3. The summed E-state index contributed by atoms with van der Waals surface area (Å²) >= 11 is 0. The van der Waals surface area contributed by atoms with E-state index in [1.807, 2.05) is 59.0 Å². The van der Waals surface area contributed by atoms with Crippen LogP contribution in [0.5, 0.6) is 0 Å². The van der Waals surface area contributed by atoms with Crippen molar-refractivity contribution in [2.24, 2.45) is 23.2 Å². The Morgan fingerprint density at radius 2 is 1.37 bits per heavy atom. The average molecular weight is 1280 g/mol. The Morgan fingerprint density at radius 3 is 1.90 bits per heavy atom. The van der Waals surface area contributed by atoms with E-state index in [1.54, 1.807) is 46.4 Å². The quantitative estimate of drug-likeness (QED) is 0.0327. The number of methoxy groups -OCH3 is 1. The van der Waals surface area contributed by atoms with Crippen molar-refractivity contribution >= 4 is 43.0 Å². The first kappa shape index (κ1) is 74.3. The number of carbonyl (C=O) groups is 2. The summed E-state index contributed by atoms with van der Waals surface area (Å²) < 4.78 is 97.8. The Labute approximate surface area is 511 Å². The molecular formula is C63H99F6N3O13P2. The van der Waals surface area contributed by atoms with Crippen LogP contribution < -0.4 is 16.0 Å². The Bertz CT molecular complexity index is 2500. The molecule has 0 unspecified atom stereocenters. The van der Waals surface area contributed by atoms with Gasteiger partial charge in [-0.2, -0.15) is 0 Å². The van der Waals surface area contributed by atoms with Crippen molar-refractivity contribution in [1.29, 1.82) is 0 Å². The summed E-state index contributed by atoms with van der Waals surface area (Å²) in [6, 6.07) is 26.5. The number of aliphatic hydroxyl groups excluding tert-OH is 4. The minimum absolute atomic E-state index is 0.0734. The van der Waals surface area contributed by atoms with Crippen LogP contribution in [0.4, 0.5) is 25.2 Å². The van der Waals surface area contributed by atoms with Gasteiger partial charge in [0.15, 0.2) is 18.0 Å². The summed E-state index contributed by atoms with van der Waals surface area (Å²) in [5, 5.41) is 62.5. The molecule has 0 saturated carbocycles. The maximum atomic E-state index is 14.9. The third-order valence-electron chi connectivity index (χ3n) is 18.1. The number of rotatable bonds is 19. The molecule has 3 aromatic rings. The third kappa shape index (κ3) is 20.0. The van der Waals surface area contributed by atoms with E-state index >= 15 is 0 Å². The molecule has 6 rings (SSSR count). The number of benzene rings is 2. The number of hydrogen-bond acceptors (Lipinski definition) is 15.